The topological polar surface area (TPSA) is 9.23 Å². The maximum absolute atomic E-state index is 15.0. The highest BCUT2D eigenvalue weighted by atomic mass is 19.2. The smallest absolute Gasteiger partial charge is 0.166 e. The highest BCUT2D eigenvalue weighted by Crippen LogP contribution is 2.38. The Bertz CT molecular complexity index is 1170. The zero-order valence-electron chi connectivity index (χ0n) is 21.2. The van der Waals surface area contributed by atoms with Crippen molar-refractivity contribution in [3.8, 4) is 16.9 Å². The summed E-state index contributed by atoms with van der Waals surface area (Å²) in [5.41, 5.74) is 3.01. The fourth-order valence-electron chi connectivity index (χ4n) is 4.91. The second kappa shape index (κ2) is 12.3. The van der Waals surface area contributed by atoms with Crippen LogP contribution in [-0.4, -0.2) is 6.61 Å². The van der Waals surface area contributed by atoms with Crippen LogP contribution in [-0.2, 0) is 0 Å². The van der Waals surface area contributed by atoms with Gasteiger partial charge in [0.15, 0.2) is 23.2 Å². The Kier molecular flexibility index (Phi) is 8.90. The third-order valence-corrected chi connectivity index (χ3v) is 7.22. The van der Waals surface area contributed by atoms with E-state index in [1.807, 2.05) is 30.4 Å². The predicted molar refractivity (Wildman–Crippen MR) is 143 cm³/mol. The van der Waals surface area contributed by atoms with Gasteiger partial charge >= 0.3 is 0 Å². The van der Waals surface area contributed by atoms with E-state index in [0.29, 0.717) is 23.7 Å². The van der Waals surface area contributed by atoms with Gasteiger partial charge in [0.25, 0.3) is 0 Å². The number of rotatable bonds is 9. The average molecular weight is 493 g/mol. The Balaban J connectivity index is 1.42. The minimum absolute atomic E-state index is 0.101. The molecule has 1 aliphatic carbocycles. The Labute approximate surface area is 213 Å². The van der Waals surface area contributed by atoms with E-state index in [-0.39, 0.29) is 23.0 Å². The largest absolute Gasteiger partial charge is 0.491 e. The quantitative estimate of drug-likeness (QED) is 0.213. The zero-order chi connectivity index (χ0) is 25.5. The molecule has 0 N–H and O–H groups in total. The van der Waals surface area contributed by atoms with E-state index >= 15 is 4.39 Å². The highest BCUT2D eigenvalue weighted by molar-refractivity contribution is 5.72. The SMILES string of the molecule is CCCCCOc1ccc(/C=C/c2ccc(-c3ccc(C4CCC(C)CC4)c(F)c3F)cc2)cc1F. The van der Waals surface area contributed by atoms with Gasteiger partial charge in [-0.1, -0.05) is 94.1 Å². The van der Waals surface area contributed by atoms with E-state index < -0.39 is 11.6 Å². The third kappa shape index (κ3) is 6.40. The van der Waals surface area contributed by atoms with Gasteiger partial charge in [-0.15, -0.1) is 0 Å². The van der Waals surface area contributed by atoms with Crippen LogP contribution in [0.4, 0.5) is 13.2 Å². The zero-order valence-corrected chi connectivity index (χ0v) is 21.2. The number of unbranched alkanes of at least 4 members (excludes halogenated alkanes) is 2. The summed E-state index contributed by atoms with van der Waals surface area (Å²) in [6.45, 7) is 4.84. The van der Waals surface area contributed by atoms with Crippen LogP contribution in [0.1, 0.15) is 81.4 Å². The van der Waals surface area contributed by atoms with Crippen molar-refractivity contribution in [2.45, 2.75) is 64.7 Å². The molecule has 0 atom stereocenters. The summed E-state index contributed by atoms with van der Waals surface area (Å²) >= 11 is 0. The van der Waals surface area contributed by atoms with Crippen LogP contribution >= 0.6 is 0 Å². The molecular formula is C32H35F3O. The maximum atomic E-state index is 15.0. The molecule has 190 valence electrons. The predicted octanol–water partition coefficient (Wildman–Crippen LogP) is 9.80. The van der Waals surface area contributed by atoms with Crippen molar-refractivity contribution in [2.75, 3.05) is 6.61 Å². The molecule has 36 heavy (non-hydrogen) atoms. The van der Waals surface area contributed by atoms with Crippen LogP contribution in [0.3, 0.4) is 0 Å². The van der Waals surface area contributed by atoms with Gasteiger partial charge < -0.3 is 4.74 Å². The lowest BCUT2D eigenvalue weighted by Gasteiger charge is -2.27. The minimum atomic E-state index is -0.776. The van der Waals surface area contributed by atoms with Crippen molar-refractivity contribution in [1.29, 1.82) is 0 Å². The lowest BCUT2D eigenvalue weighted by molar-refractivity contribution is 0.291. The molecule has 1 aliphatic rings. The van der Waals surface area contributed by atoms with Crippen molar-refractivity contribution in [3.05, 3.63) is 88.7 Å². The summed E-state index contributed by atoms with van der Waals surface area (Å²) < 4.78 is 49.8. The van der Waals surface area contributed by atoms with E-state index in [2.05, 4.69) is 13.8 Å². The van der Waals surface area contributed by atoms with E-state index in [1.54, 1.807) is 30.3 Å². The molecule has 4 heteroatoms. The van der Waals surface area contributed by atoms with Crippen molar-refractivity contribution in [2.24, 2.45) is 5.92 Å². The Morgan fingerprint density at radius 2 is 1.50 bits per heavy atom. The molecule has 0 radical (unpaired) electrons. The molecule has 0 bridgehead atoms. The van der Waals surface area contributed by atoms with Gasteiger partial charge in [-0.3, -0.25) is 0 Å². The summed E-state index contributed by atoms with van der Waals surface area (Å²) in [6, 6.07) is 15.6. The highest BCUT2D eigenvalue weighted by Gasteiger charge is 2.25. The molecule has 1 nitrogen and oxygen atoms in total. The molecular weight excluding hydrogens is 457 g/mol. The van der Waals surface area contributed by atoms with Crippen LogP contribution in [0.5, 0.6) is 5.75 Å². The second-order valence-corrected chi connectivity index (χ2v) is 9.99. The fraction of sp³-hybridized carbons (Fsp3) is 0.375. The molecule has 0 heterocycles. The van der Waals surface area contributed by atoms with Crippen molar-refractivity contribution in [3.63, 3.8) is 0 Å². The van der Waals surface area contributed by atoms with Gasteiger partial charge in [-0.05, 0) is 65.5 Å². The molecule has 0 aliphatic heterocycles. The summed E-state index contributed by atoms with van der Waals surface area (Å²) in [4.78, 5) is 0. The normalized spacial score (nSPS) is 18.0. The van der Waals surface area contributed by atoms with Crippen LogP contribution in [0, 0.1) is 23.4 Å². The minimum Gasteiger partial charge on any atom is -0.491 e. The molecule has 1 saturated carbocycles. The molecule has 1 fully saturated rings. The van der Waals surface area contributed by atoms with Crippen LogP contribution < -0.4 is 4.74 Å². The monoisotopic (exact) mass is 492 g/mol. The Hall–Kier alpha value is -3.01. The van der Waals surface area contributed by atoms with Gasteiger partial charge in [0.1, 0.15) is 0 Å². The van der Waals surface area contributed by atoms with E-state index in [9.17, 15) is 8.78 Å². The number of hydrogen-bond donors (Lipinski definition) is 0. The van der Waals surface area contributed by atoms with Crippen molar-refractivity contribution in [1.82, 2.24) is 0 Å². The van der Waals surface area contributed by atoms with E-state index in [4.69, 9.17) is 4.74 Å². The van der Waals surface area contributed by atoms with Crippen LogP contribution in [0.15, 0.2) is 54.6 Å². The van der Waals surface area contributed by atoms with E-state index in [0.717, 1.165) is 56.1 Å². The molecule has 4 rings (SSSR count). The summed E-state index contributed by atoms with van der Waals surface area (Å²) in [5.74, 6) is -0.839. The first kappa shape index (κ1) is 26.1. The van der Waals surface area contributed by atoms with Crippen molar-refractivity contribution >= 4 is 12.2 Å². The first-order chi connectivity index (χ1) is 17.5. The van der Waals surface area contributed by atoms with Crippen molar-refractivity contribution < 1.29 is 17.9 Å². The van der Waals surface area contributed by atoms with Gasteiger partial charge in [-0.2, -0.15) is 0 Å². The fourth-order valence-corrected chi connectivity index (χ4v) is 4.91. The van der Waals surface area contributed by atoms with Gasteiger partial charge in [0, 0.05) is 5.56 Å². The molecule has 0 unspecified atom stereocenters. The van der Waals surface area contributed by atoms with Gasteiger partial charge in [-0.25, -0.2) is 13.2 Å². The summed E-state index contributed by atoms with van der Waals surface area (Å²) in [7, 11) is 0. The van der Waals surface area contributed by atoms with Crippen LogP contribution in [0.25, 0.3) is 23.3 Å². The lowest BCUT2D eigenvalue weighted by Crippen LogP contribution is -2.13. The summed E-state index contributed by atoms with van der Waals surface area (Å²) in [6.07, 6.45) is 10.7. The molecule has 0 aromatic heterocycles. The number of ether oxygens (including phenoxy) is 1. The van der Waals surface area contributed by atoms with Gasteiger partial charge in [0.05, 0.1) is 6.61 Å². The lowest BCUT2D eigenvalue weighted by atomic mass is 9.79. The first-order valence-corrected chi connectivity index (χ1v) is 13.1. The Morgan fingerprint density at radius 1 is 0.806 bits per heavy atom. The number of hydrogen-bond acceptors (Lipinski definition) is 1. The summed E-state index contributed by atoms with van der Waals surface area (Å²) in [5, 5.41) is 0. The van der Waals surface area contributed by atoms with Gasteiger partial charge in [0.2, 0.25) is 0 Å². The van der Waals surface area contributed by atoms with Crippen LogP contribution in [0.2, 0.25) is 0 Å². The average Bonchev–Trinajstić information content (AvgIpc) is 2.89. The Morgan fingerprint density at radius 3 is 2.19 bits per heavy atom. The second-order valence-electron chi connectivity index (χ2n) is 9.99. The standard InChI is InChI=1S/C32H35F3O/c1-3-4-5-20-36-30-19-12-24(21-29(30)33)9-8-23-10-15-26(16-11-23)28-18-17-27(31(34)32(28)35)25-13-6-22(2)7-14-25/h8-12,15-19,21-22,25H,3-7,13-14,20H2,1-2H3/b9-8+. The number of benzene rings is 3. The molecule has 0 amide bonds. The molecule has 0 saturated heterocycles. The van der Waals surface area contributed by atoms with E-state index in [1.165, 1.54) is 6.07 Å². The number of halogens is 3. The maximum Gasteiger partial charge on any atom is 0.166 e. The first-order valence-electron chi connectivity index (χ1n) is 13.1. The molecule has 3 aromatic carbocycles. The molecule has 0 spiro atoms. The molecule has 3 aromatic rings. The third-order valence-electron chi connectivity index (χ3n) is 7.22.